The highest BCUT2D eigenvalue weighted by Crippen LogP contribution is 2.21. The monoisotopic (exact) mass is 276 g/mol. The summed E-state index contributed by atoms with van der Waals surface area (Å²) in [6.07, 6.45) is 0. The van der Waals surface area contributed by atoms with E-state index in [1.807, 2.05) is 19.1 Å². The molecule has 20 heavy (non-hydrogen) atoms. The number of nitrogens with zero attached hydrogens (tertiary/aromatic N) is 2. The van der Waals surface area contributed by atoms with E-state index in [-0.39, 0.29) is 0 Å². The van der Waals surface area contributed by atoms with E-state index in [2.05, 4.69) is 23.6 Å². The molecule has 1 N–H and O–H groups in total. The first-order valence-electron chi connectivity index (χ1n) is 7.28. The first-order chi connectivity index (χ1) is 9.47. The zero-order chi connectivity index (χ0) is 14.7. The predicted octanol–water partition coefficient (Wildman–Crippen LogP) is 2.47. The first kappa shape index (κ1) is 14.9. The topological polar surface area (TPSA) is 43.8 Å². The molecule has 2 rings (SSSR count). The third-order valence-corrected chi connectivity index (χ3v) is 3.80. The Morgan fingerprint density at radius 2 is 1.90 bits per heavy atom. The largest absolute Gasteiger partial charge is 0.478 e. The molecule has 1 fully saturated rings. The van der Waals surface area contributed by atoms with Gasteiger partial charge in [0.2, 0.25) is 0 Å². The Balaban J connectivity index is 2.00. The van der Waals surface area contributed by atoms with Crippen molar-refractivity contribution in [3.8, 4) is 0 Å². The molecule has 0 aromatic heterocycles. The van der Waals surface area contributed by atoms with Gasteiger partial charge in [0.25, 0.3) is 0 Å². The summed E-state index contributed by atoms with van der Waals surface area (Å²) >= 11 is 0. The predicted molar refractivity (Wildman–Crippen MR) is 81.6 cm³/mol. The van der Waals surface area contributed by atoms with Crippen LogP contribution >= 0.6 is 0 Å². The Morgan fingerprint density at radius 3 is 2.40 bits per heavy atom. The molecule has 0 aliphatic carbocycles. The molecule has 110 valence electrons. The van der Waals surface area contributed by atoms with Gasteiger partial charge in [-0.3, -0.25) is 4.90 Å². The summed E-state index contributed by atoms with van der Waals surface area (Å²) in [6.45, 7) is 11.7. The lowest BCUT2D eigenvalue weighted by Crippen LogP contribution is -2.47. The van der Waals surface area contributed by atoms with Crippen LogP contribution in [0.4, 0.5) is 5.69 Å². The van der Waals surface area contributed by atoms with Gasteiger partial charge in [-0.1, -0.05) is 13.8 Å². The molecule has 0 amide bonds. The van der Waals surface area contributed by atoms with Crippen LogP contribution in [-0.4, -0.2) is 48.7 Å². The number of aryl methyl sites for hydroxylation is 1. The molecule has 4 heteroatoms. The van der Waals surface area contributed by atoms with Gasteiger partial charge in [-0.05, 0) is 36.6 Å². The van der Waals surface area contributed by atoms with Crippen LogP contribution in [0.2, 0.25) is 0 Å². The van der Waals surface area contributed by atoms with E-state index in [9.17, 15) is 4.79 Å². The van der Waals surface area contributed by atoms with Gasteiger partial charge in [0.15, 0.2) is 0 Å². The van der Waals surface area contributed by atoms with Crippen LogP contribution in [0.5, 0.6) is 0 Å². The number of aromatic carboxylic acids is 1. The van der Waals surface area contributed by atoms with Gasteiger partial charge in [-0.15, -0.1) is 0 Å². The van der Waals surface area contributed by atoms with Crippen LogP contribution in [-0.2, 0) is 0 Å². The molecule has 0 unspecified atom stereocenters. The van der Waals surface area contributed by atoms with E-state index >= 15 is 0 Å². The van der Waals surface area contributed by atoms with E-state index in [0.717, 1.165) is 44.0 Å². The number of carboxylic acids is 1. The van der Waals surface area contributed by atoms with Crippen molar-refractivity contribution in [2.24, 2.45) is 5.92 Å². The lowest BCUT2D eigenvalue weighted by molar-refractivity contribution is 0.0696. The normalized spacial score (nSPS) is 16.7. The number of carbonyl (C=O) groups is 1. The van der Waals surface area contributed by atoms with Crippen molar-refractivity contribution >= 4 is 11.7 Å². The van der Waals surface area contributed by atoms with Crippen LogP contribution in [0.25, 0.3) is 0 Å². The van der Waals surface area contributed by atoms with E-state index in [4.69, 9.17) is 5.11 Å². The Kier molecular flexibility index (Phi) is 4.65. The van der Waals surface area contributed by atoms with E-state index in [1.54, 1.807) is 6.07 Å². The molecular weight excluding hydrogens is 252 g/mol. The number of hydrogen-bond acceptors (Lipinski definition) is 3. The highest BCUT2D eigenvalue weighted by molar-refractivity contribution is 5.89. The molecule has 0 saturated carbocycles. The summed E-state index contributed by atoms with van der Waals surface area (Å²) in [6, 6.07) is 5.63. The maximum absolute atomic E-state index is 11.0. The van der Waals surface area contributed by atoms with Crippen LogP contribution in [0, 0.1) is 12.8 Å². The molecule has 0 spiro atoms. The Bertz CT molecular complexity index is 477. The summed E-state index contributed by atoms with van der Waals surface area (Å²) in [4.78, 5) is 15.9. The van der Waals surface area contributed by atoms with Crippen molar-refractivity contribution in [1.82, 2.24) is 4.90 Å². The fourth-order valence-corrected chi connectivity index (χ4v) is 2.79. The molecule has 1 heterocycles. The summed E-state index contributed by atoms with van der Waals surface area (Å²) in [5.74, 6) is -0.144. The van der Waals surface area contributed by atoms with Gasteiger partial charge in [-0.25, -0.2) is 4.79 Å². The highest BCUT2D eigenvalue weighted by atomic mass is 16.4. The molecule has 0 radical (unpaired) electrons. The zero-order valence-corrected chi connectivity index (χ0v) is 12.6. The second kappa shape index (κ2) is 6.27. The minimum atomic E-state index is -0.851. The third-order valence-electron chi connectivity index (χ3n) is 3.80. The van der Waals surface area contributed by atoms with Crippen LogP contribution < -0.4 is 4.90 Å². The van der Waals surface area contributed by atoms with Gasteiger partial charge in [0.05, 0.1) is 5.56 Å². The standard InChI is InChI=1S/C16H24N2O2/c1-12(2)11-17-6-8-18(9-7-17)14-4-5-15(16(19)20)13(3)10-14/h4-5,10,12H,6-9,11H2,1-3H3,(H,19,20). The molecule has 1 aliphatic rings. The van der Waals surface area contributed by atoms with E-state index in [1.165, 1.54) is 0 Å². The smallest absolute Gasteiger partial charge is 0.335 e. The summed E-state index contributed by atoms with van der Waals surface area (Å²) < 4.78 is 0. The second-order valence-electron chi connectivity index (χ2n) is 5.99. The zero-order valence-electron chi connectivity index (χ0n) is 12.6. The number of piperazine rings is 1. The fourth-order valence-electron chi connectivity index (χ4n) is 2.79. The Labute approximate surface area is 121 Å². The van der Waals surface area contributed by atoms with Gasteiger partial charge in [0, 0.05) is 38.4 Å². The maximum Gasteiger partial charge on any atom is 0.335 e. The second-order valence-corrected chi connectivity index (χ2v) is 5.99. The maximum atomic E-state index is 11.0. The minimum Gasteiger partial charge on any atom is -0.478 e. The van der Waals surface area contributed by atoms with Crippen molar-refractivity contribution in [1.29, 1.82) is 0 Å². The number of carboxylic acid groups (broad SMARTS) is 1. The van der Waals surface area contributed by atoms with E-state index in [0.29, 0.717) is 11.5 Å². The molecule has 1 aromatic carbocycles. The molecular formula is C16H24N2O2. The van der Waals surface area contributed by atoms with Crippen molar-refractivity contribution in [2.75, 3.05) is 37.6 Å². The van der Waals surface area contributed by atoms with Crippen molar-refractivity contribution in [3.63, 3.8) is 0 Å². The number of hydrogen-bond donors (Lipinski definition) is 1. The summed E-state index contributed by atoms with van der Waals surface area (Å²) in [5.41, 5.74) is 2.36. The average Bonchev–Trinajstić information content (AvgIpc) is 2.38. The lowest BCUT2D eigenvalue weighted by Gasteiger charge is -2.37. The first-order valence-corrected chi connectivity index (χ1v) is 7.28. The molecule has 0 atom stereocenters. The van der Waals surface area contributed by atoms with E-state index < -0.39 is 5.97 Å². The van der Waals surface area contributed by atoms with Gasteiger partial charge in [-0.2, -0.15) is 0 Å². The Hall–Kier alpha value is -1.55. The molecule has 1 saturated heterocycles. The number of benzene rings is 1. The van der Waals surface area contributed by atoms with Crippen LogP contribution in [0.1, 0.15) is 29.8 Å². The molecule has 0 bridgehead atoms. The van der Waals surface area contributed by atoms with Crippen molar-refractivity contribution < 1.29 is 9.90 Å². The van der Waals surface area contributed by atoms with Crippen LogP contribution in [0.15, 0.2) is 18.2 Å². The molecule has 1 aliphatic heterocycles. The quantitative estimate of drug-likeness (QED) is 0.917. The van der Waals surface area contributed by atoms with Crippen LogP contribution in [0.3, 0.4) is 0 Å². The molecule has 1 aromatic rings. The number of rotatable bonds is 4. The Morgan fingerprint density at radius 1 is 1.25 bits per heavy atom. The van der Waals surface area contributed by atoms with Crippen molar-refractivity contribution in [3.05, 3.63) is 29.3 Å². The van der Waals surface area contributed by atoms with Crippen molar-refractivity contribution in [2.45, 2.75) is 20.8 Å². The fraction of sp³-hybridized carbons (Fsp3) is 0.562. The third kappa shape index (κ3) is 3.51. The SMILES string of the molecule is Cc1cc(N2CCN(CC(C)C)CC2)ccc1C(=O)O. The average molecular weight is 276 g/mol. The van der Waals surface area contributed by atoms with Gasteiger partial charge < -0.3 is 10.0 Å². The minimum absolute atomic E-state index is 0.396. The molecule has 4 nitrogen and oxygen atoms in total. The highest BCUT2D eigenvalue weighted by Gasteiger charge is 2.18. The lowest BCUT2D eigenvalue weighted by atomic mass is 10.1. The summed E-state index contributed by atoms with van der Waals surface area (Å²) in [7, 11) is 0. The number of anilines is 1. The van der Waals surface area contributed by atoms with Gasteiger partial charge >= 0.3 is 5.97 Å². The summed E-state index contributed by atoms with van der Waals surface area (Å²) in [5, 5.41) is 9.07. The van der Waals surface area contributed by atoms with Gasteiger partial charge in [0.1, 0.15) is 0 Å².